The molecule has 0 amide bonds. The molecule has 11 rings (SSSR count). The summed E-state index contributed by atoms with van der Waals surface area (Å²) < 4.78 is 29.0. The van der Waals surface area contributed by atoms with Crippen LogP contribution in [0.25, 0.3) is 108 Å². The van der Waals surface area contributed by atoms with Gasteiger partial charge in [-0.15, -0.1) is 0 Å². The summed E-state index contributed by atoms with van der Waals surface area (Å²) in [5, 5.41) is 19.1. The Bertz CT molecular complexity index is 3150. The third kappa shape index (κ3) is 3.55. The predicted molar refractivity (Wildman–Crippen MR) is 204 cm³/mol. The fourth-order valence-corrected chi connectivity index (χ4v) is 8.87. The van der Waals surface area contributed by atoms with E-state index in [4.69, 9.17) is 0 Å². The number of hydrogen-bond donors (Lipinski definition) is 0. The Kier molecular flexibility index (Phi) is 5.21. The van der Waals surface area contributed by atoms with Crippen molar-refractivity contribution in [1.82, 2.24) is 0 Å². The zero-order chi connectivity index (χ0) is 32.5. The highest BCUT2D eigenvalue weighted by molar-refractivity contribution is 6.42. The van der Waals surface area contributed by atoms with Gasteiger partial charge in [0.2, 0.25) is 0 Å². The minimum atomic E-state index is -0.261. The number of halogens is 2. The van der Waals surface area contributed by atoms with Gasteiger partial charge in [0, 0.05) is 0 Å². The SMILES string of the molecule is Cc1ccc2cc3c4cc5c(-c6ccc(F)cc6)c6c7cccc8cccc(c6c(-c6ccc(F)cc6)c5cc4c4cccc(c2c1)c43)c87. The number of aryl methyl sites for hydroxylation is 1. The van der Waals surface area contributed by atoms with E-state index in [-0.39, 0.29) is 11.6 Å². The molecule has 0 spiro atoms. The third-order valence-electron chi connectivity index (χ3n) is 10.9. The van der Waals surface area contributed by atoms with Crippen LogP contribution in [-0.2, 0) is 0 Å². The van der Waals surface area contributed by atoms with Crippen molar-refractivity contribution in [3.8, 4) is 22.3 Å². The molecule has 0 nitrogen and oxygen atoms in total. The summed E-state index contributed by atoms with van der Waals surface area (Å²) in [6, 6.07) is 47.3. The molecule has 2 heteroatoms. The maximum Gasteiger partial charge on any atom is 0.123 e. The summed E-state index contributed by atoms with van der Waals surface area (Å²) >= 11 is 0. The van der Waals surface area contributed by atoms with Crippen molar-refractivity contribution in [1.29, 1.82) is 0 Å². The lowest BCUT2D eigenvalue weighted by atomic mass is 9.85. The average molecular weight is 629 g/mol. The molecule has 0 saturated carbocycles. The maximum absolute atomic E-state index is 14.5. The normalized spacial score (nSPS) is 12.4. The standard InChI is InChI=1S/C47H26F2/c1-25-11-12-29-22-39-38-24-41-40(23-37(38)33-8-4-7-32(45(33)39)36(29)21-25)43(27-13-17-30(48)18-14-27)46-34-9-2-5-26-6-3-10-35(42(26)34)47(46)44(41)28-15-19-31(49)20-16-28/h2-24H,1H3. The first-order valence-electron chi connectivity index (χ1n) is 16.7. The van der Waals surface area contributed by atoms with E-state index in [1.807, 2.05) is 24.3 Å². The maximum atomic E-state index is 14.5. The molecule has 0 radical (unpaired) electrons. The highest BCUT2D eigenvalue weighted by Gasteiger charge is 2.25. The van der Waals surface area contributed by atoms with Crippen LogP contribution >= 0.6 is 0 Å². The zero-order valence-corrected chi connectivity index (χ0v) is 26.5. The fraction of sp³-hybridized carbons (Fsp3) is 0.0213. The lowest BCUT2D eigenvalue weighted by Gasteiger charge is -2.17. The Morgan fingerprint density at radius 2 is 0.837 bits per heavy atom. The van der Waals surface area contributed by atoms with Crippen LogP contribution in [0, 0.1) is 18.6 Å². The van der Waals surface area contributed by atoms with Gasteiger partial charge in [-0.1, -0.05) is 103 Å². The van der Waals surface area contributed by atoms with Gasteiger partial charge in [0.05, 0.1) is 0 Å². The second kappa shape index (κ2) is 9.49. The molecule has 0 unspecified atom stereocenters. The summed E-state index contributed by atoms with van der Waals surface area (Å²) in [7, 11) is 0. The molecular weight excluding hydrogens is 603 g/mol. The van der Waals surface area contributed by atoms with Crippen LogP contribution in [0.1, 0.15) is 5.56 Å². The van der Waals surface area contributed by atoms with E-state index in [0.717, 1.165) is 43.8 Å². The second-order valence-corrected chi connectivity index (χ2v) is 13.5. The van der Waals surface area contributed by atoms with Crippen LogP contribution in [-0.4, -0.2) is 0 Å². The van der Waals surface area contributed by atoms with Crippen molar-refractivity contribution in [3.63, 3.8) is 0 Å². The van der Waals surface area contributed by atoms with Gasteiger partial charge in [0.1, 0.15) is 11.6 Å². The van der Waals surface area contributed by atoms with Crippen LogP contribution in [0.2, 0.25) is 0 Å². The van der Waals surface area contributed by atoms with Crippen LogP contribution in [0.15, 0.2) is 140 Å². The van der Waals surface area contributed by atoms with E-state index in [2.05, 4.69) is 97.9 Å². The molecule has 11 aromatic rings. The van der Waals surface area contributed by atoms with Gasteiger partial charge in [0.25, 0.3) is 0 Å². The molecule has 0 N–H and O–H groups in total. The Hall–Kier alpha value is -6.12. The van der Waals surface area contributed by atoms with E-state index >= 15 is 0 Å². The molecule has 0 aromatic heterocycles. The van der Waals surface area contributed by atoms with Gasteiger partial charge < -0.3 is 0 Å². The van der Waals surface area contributed by atoms with E-state index in [9.17, 15) is 8.78 Å². The molecule has 0 fully saturated rings. The first-order chi connectivity index (χ1) is 24.0. The van der Waals surface area contributed by atoms with Gasteiger partial charge in [-0.05, 0) is 158 Å². The molecular formula is C47H26F2. The van der Waals surface area contributed by atoms with Crippen LogP contribution in [0.3, 0.4) is 0 Å². The van der Waals surface area contributed by atoms with Crippen LogP contribution in [0.5, 0.6) is 0 Å². The first-order valence-corrected chi connectivity index (χ1v) is 16.7. The van der Waals surface area contributed by atoms with Gasteiger partial charge in [-0.3, -0.25) is 0 Å². The molecule has 0 bridgehead atoms. The van der Waals surface area contributed by atoms with Crippen molar-refractivity contribution in [3.05, 3.63) is 157 Å². The Labute approximate surface area is 280 Å². The van der Waals surface area contributed by atoms with Crippen molar-refractivity contribution in [2.24, 2.45) is 0 Å². The van der Waals surface area contributed by atoms with E-state index < -0.39 is 0 Å². The first kappa shape index (κ1) is 26.9. The van der Waals surface area contributed by atoms with Crippen LogP contribution in [0.4, 0.5) is 8.78 Å². The molecule has 0 saturated heterocycles. The molecule has 49 heavy (non-hydrogen) atoms. The molecule has 0 aliphatic carbocycles. The Morgan fingerprint density at radius 1 is 0.327 bits per heavy atom. The molecule has 0 atom stereocenters. The Morgan fingerprint density at radius 3 is 1.43 bits per heavy atom. The number of benzene rings is 9. The largest absolute Gasteiger partial charge is 0.207 e. The summed E-state index contributed by atoms with van der Waals surface area (Å²) in [6.45, 7) is 2.15. The van der Waals surface area contributed by atoms with E-state index in [0.29, 0.717) is 0 Å². The zero-order valence-electron chi connectivity index (χ0n) is 26.5. The topological polar surface area (TPSA) is 0 Å². The summed E-state index contributed by atoms with van der Waals surface area (Å²) in [5.74, 6) is -0.522. The van der Waals surface area contributed by atoms with Gasteiger partial charge >= 0.3 is 0 Å². The van der Waals surface area contributed by atoms with Crippen molar-refractivity contribution >= 4 is 86.2 Å². The number of rotatable bonds is 2. The van der Waals surface area contributed by atoms with E-state index in [1.165, 1.54) is 70.2 Å². The lowest BCUT2D eigenvalue weighted by molar-refractivity contribution is 0.627. The second-order valence-electron chi connectivity index (χ2n) is 13.5. The summed E-state index contributed by atoms with van der Waals surface area (Å²) in [6.07, 6.45) is 0. The quantitative estimate of drug-likeness (QED) is 0.167. The van der Waals surface area contributed by atoms with Gasteiger partial charge in [-0.2, -0.15) is 0 Å². The lowest BCUT2D eigenvalue weighted by Crippen LogP contribution is -1.90. The van der Waals surface area contributed by atoms with E-state index in [1.54, 1.807) is 24.3 Å². The average Bonchev–Trinajstić information content (AvgIpc) is 3.62. The predicted octanol–water partition coefficient (Wildman–Crippen LogP) is 13.7. The van der Waals surface area contributed by atoms with Crippen LogP contribution < -0.4 is 0 Å². The highest BCUT2D eigenvalue weighted by atomic mass is 19.1. The molecule has 11 aromatic carbocycles. The fourth-order valence-electron chi connectivity index (χ4n) is 8.87. The third-order valence-corrected chi connectivity index (χ3v) is 10.9. The Balaban J connectivity index is 1.45. The number of fused-ring (bicyclic) bond motifs is 9. The molecule has 228 valence electrons. The molecule has 0 aliphatic heterocycles. The minimum Gasteiger partial charge on any atom is -0.207 e. The summed E-state index contributed by atoms with van der Waals surface area (Å²) in [5.41, 5.74) is 5.35. The number of hydrogen-bond acceptors (Lipinski definition) is 0. The highest BCUT2D eigenvalue weighted by Crippen LogP contribution is 2.53. The monoisotopic (exact) mass is 628 g/mol. The smallest absolute Gasteiger partial charge is 0.123 e. The minimum absolute atomic E-state index is 0.261. The van der Waals surface area contributed by atoms with Crippen molar-refractivity contribution in [2.75, 3.05) is 0 Å². The van der Waals surface area contributed by atoms with Crippen molar-refractivity contribution < 1.29 is 8.78 Å². The molecule has 0 aliphatic rings. The van der Waals surface area contributed by atoms with Gasteiger partial charge in [-0.25, -0.2) is 8.78 Å². The van der Waals surface area contributed by atoms with Gasteiger partial charge in [0.15, 0.2) is 0 Å². The molecule has 0 heterocycles. The summed E-state index contributed by atoms with van der Waals surface area (Å²) in [4.78, 5) is 0. The van der Waals surface area contributed by atoms with Crippen molar-refractivity contribution in [2.45, 2.75) is 6.92 Å².